The summed E-state index contributed by atoms with van der Waals surface area (Å²) in [5, 5.41) is 11.8. The first-order chi connectivity index (χ1) is 8.49. The van der Waals surface area contributed by atoms with Crippen molar-refractivity contribution in [3.8, 4) is 0 Å². The molecule has 0 amide bonds. The Morgan fingerprint density at radius 3 is 2.89 bits per heavy atom. The highest BCUT2D eigenvalue weighted by Gasteiger charge is 2.07. The topological polar surface area (TPSA) is 84.3 Å². The highest BCUT2D eigenvalue weighted by molar-refractivity contribution is 5.85. The van der Waals surface area contributed by atoms with Crippen molar-refractivity contribution in [2.75, 3.05) is 25.1 Å². The molecule has 2 N–H and O–H groups in total. The van der Waals surface area contributed by atoms with Crippen LogP contribution in [0.1, 0.15) is 23.1 Å². The number of aryl methyl sites for hydroxylation is 1. The molecule has 0 spiro atoms. The average molecular weight is 251 g/mol. The molecule has 6 nitrogen and oxygen atoms in total. The minimum atomic E-state index is -1.07. The highest BCUT2D eigenvalue weighted by Crippen LogP contribution is 2.04. The Bertz CT molecular complexity index is 446. The summed E-state index contributed by atoms with van der Waals surface area (Å²) in [6.07, 6.45) is 0. The standard InChI is InChI=1S/C12H17N3O3/c1-8(2)7-18-5-4-13-12-14-9(3)6-10(15-12)11(16)17/h6H,1,4-5,7H2,2-3H3,(H,16,17)(H,13,14,15). The lowest BCUT2D eigenvalue weighted by Crippen LogP contribution is -2.14. The van der Waals surface area contributed by atoms with Crippen molar-refractivity contribution in [3.05, 3.63) is 29.6 Å². The molecule has 0 aliphatic rings. The molecule has 0 aliphatic heterocycles. The molecule has 1 heterocycles. The lowest BCUT2D eigenvalue weighted by Gasteiger charge is -2.07. The van der Waals surface area contributed by atoms with Crippen LogP contribution in [0.25, 0.3) is 0 Å². The van der Waals surface area contributed by atoms with E-state index < -0.39 is 5.97 Å². The summed E-state index contributed by atoms with van der Waals surface area (Å²) in [4.78, 5) is 18.8. The number of carboxylic acids is 1. The fraction of sp³-hybridized carbons (Fsp3) is 0.417. The number of carbonyl (C=O) groups is 1. The van der Waals surface area contributed by atoms with Crippen LogP contribution in [-0.4, -0.2) is 40.8 Å². The molecule has 0 aliphatic carbocycles. The summed E-state index contributed by atoms with van der Waals surface area (Å²) in [5.74, 6) is -0.770. The Hall–Kier alpha value is -1.95. The number of hydrogen-bond acceptors (Lipinski definition) is 5. The second-order valence-electron chi connectivity index (χ2n) is 3.96. The van der Waals surface area contributed by atoms with Gasteiger partial charge < -0.3 is 15.2 Å². The van der Waals surface area contributed by atoms with Crippen LogP contribution in [0, 0.1) is 6.92 Å². The number of aromatic carboxylic acids is 1. The maximum Gasteiger partial charge on any atom is 0.354 e. The van der Waals surface area contributed by atoms with Gasteiger partial charge in [-0.3, -0.25) is 0 Å². The van der Waals surface area contributed by atoms with Crippen LogP contribution in [0.15, 0.2) is 18.2 Å². The van der Waals surface area contributed by atoms with Crippen LogP contribution in [0.5, 0.6) is 0 Å². The molecular formula is C12H17N3O3. The van der Waals surface area contributed by atoms with E-state index in [1.807, 2.05) is 6.92 Å². The molecule has 0 atom stereocenters. The zero-order valence-corrected chi connectivity index (χ0v) is 10.6. The minimum absolute atomic E-state index is 0.0205. The van der Waals surface area contributed by atoms with Crippen LogP contribution in [0.3, 0.4) is 0 Å². The van der Waals surface area contributed by atoms with E-state index in [1.165, 1.54) is 6.07 Å². The molecule has 0 saturated heterocycles. The van der Waals surface area contributed by atoms with E-state index in [0.29, 0.717) is 31.4 Å². The van der Waals surface area contributed by atoms with Crippen LogP contribution in [-0.2, 0) is 4.74 Å². The van der Waals surface area contributed by atoms with Gasteiger partial charge in [0, 0.05) is 12.2 Å². The van der Waals surface area contributed by atoms with Gasteiger partial charge in [-0.15, -0.1) is 0 Å². The summed E-state index contributed by atoms with van der Waals surface area (Å²) in [5.41, 5.74) is 1.54. The third kappa shape index (κ3) is 4.92. The summed E-state index contributed by atoms with van der Waals surface area (Å²) in [6, 6.07) is 1.42. The first kappa shape index (κ1) is 14.1. The summed E-state index contributed by atoms with van der Waals surface area (Å²) >= 11 is 0. The Kier molecular flexibility index (Phi) is 5.26. The van der Waals surface area contributed by atoms with Gasteiger partial charge >= 0.3 is 5.97 Å². The number of carboxylic acid groups (broad SMARTS) is 1. The Morgan fingerprint density at radius 2 is 2.28 bits per heavy atom. The number of rotatable bonds is 7. The summed E-state index contributed by atoms with van der Waals surface area (Å²) < 4.78 is 5.29. The van der Waals surface area contributed by atoms with Gasteiger partial charge in [0.2, 0.25) is 5.95 Å². The van der Waals surface area contributed by atoms with Gasteiger partial charge in [-0.25, -0.2) is 14.8 Å². The van der Waals surface area contributed by atoms with Gasteiger partial charge in [-0.2, -0.15) is 0 Å². The monoisotopic (exact) mass is 251 g/mol. The van der Waals surface area contributed by atoms with Gasteiger partial charge in [0.25, 0.3) is 0 Å². The zero-order valence-electron chi connectivity index (χ0n) is 10.6. The van der Waals surface area contributed by atoms with Crippen molar-refractivity contribution in [3.63, 3.8) is 0 Å². The fourth-order valence-electron chi connectivity index (χ4n) is 1.24. The van der Waals surface area contributed by atoms with Crippen LogP contribution < -0.4 is 5.32 Å². The molecule has 0 fully saturated rings. The highest BCUT2D eigenvalue weighted by atomic mass is 16.5. The number of ether oxygens (including phenoxy) is 1. The van der Waals surface area contributed by atoms with Gasteiger partial charge in [0.1, 0.15) is 0 Å². The molecule has 18 heavy (non-hydrogen) atoms. The Labute approximate surface area is 106 Å². The third-order valence-corrected chi connectivity index (χ3v) is 1.95. The number of anilines is 1. The van der Waals surface area contributed by atoms with E-state index >= 15 is 0 Å². The molecule has 98 valence electrons. The SMILES string of the molecule is C=C(C)COCCNc1nc(C)cc(C(=O)O)n1. The zero-order chi connectivity index (χ0) is 13.5. The van der Waals surface area contributed by atoms with Gasteiger partial charge in [-0.1, -0.05) is 12.2 Å². The van der Waals surface area contributed by atoms with Gasteiger partial charge in [0.05, 0.1) is 13.2 Å². The number of aromatic nitrogens is 2. The average Bonchev–Trinajstić information content (AvgIpc) is 2.27. The molecule has 0 radical (unpaired) electrons. The summed E-state index contributed by atoms with van der Waals surface area (Å²) in [6.45, 7) is 8.82. The van der Waals surface area contributed by atoms with E-state index in [2.05, 4.69) is 21.9 Å². The van der Waals surface area contributed by atoms with Crippen LogP contribution >= 0.6 is 0 Å². The van der Waals surface area contributed by atoms with E-state index in [4.69, 9.17) is 9.84 Å². The normalized spacial score (nSPS) is 10.1. The maximum absolute atomic E-state index is 10.8. The molecule has 0 unspecified atom stereocenters. The quantitative estimate of drug-likeness (QED) is 0.564. The van der Waals surface area contributed by atoms with Crippen LogP contribution in [0.2, 0.25) is 0 Å². The van der Waals surface area contributed by atoms with Crippen molar-refractivity contribution in [2.24, 2.45) is 0 Å². The smallest absolute Gasteiger partial charge is 0.354 e. The molecule has 0 saturated carbocycles. The van der Waals surface area contributed by atoms with Crippen LogP contribution in [0.4, 0.5) is 5.95 Å². The minimum Gasteiger partial charge on any atom is -0.477 e. The lowest BCUT2D eigenvalue weighted by atomic mass is 10.3. The first-order valence-electron chi connectivity index (χ1n) is 5.54. The molecule has 0 aromatic carbocycles. The molecular weight excluding hydrogens is 234 g/mol. The van der Waals surface area contributed by atoms with Crippen molar-refractivity contribution in [1.29, 1.82) is 0 Å². The molecule has 6 heteroatoms. The first-order valence-corrected chi connectivity index (χ1v) is 5.54. The van der Waals surface area contributed by atoms with Gasteiger partial charge in [0.15, 0.2) is 5.69 Å². The van der Waals surface area contributed by atoms with E-state index in [1.54, 1.807) is 6.92 Å². The van der Waals surface area contributed by atoms with Crippen molar-refractivity contribution < 1.29 is 14.6 Å². The number of nitrogens with one attached hydrogen (secondary N) is 1. The number of nitrogens with zero attached hydrogens (tertiary/aromatic N) is 2. The largest absolute Gasteiger partial charge is 0.477 e. The predicted octanol–water partition coefficient (Wildman–Crippen LogP) is 1.49. The van der Waals surface area contributed by atoms with E-state index in [9.17, 15) is 4.79 Å². The predicted molar refractivity (Wildman–Crippen MR) is 67.9 cm³/mol. The lowest BCUT2D eigenvalue weighted by molar-refractivity contribution is 0.0690. The Morgan fingerprint density at radius 1 is 1.56 bits per heavy atom. The van der Waals surface area contributed by atoms with E-state index in [0.717, 1.165) is 5.57 Å². The second-order valence-corrected chi connectivity index (χ2v) is 3.96. The molecule has 1 aromatic heterocycles. The van der Waals surface area contributed by atoms with Gasteiger partial charge in [-0.05, 0) is 19.9 Å². The molecule has 1 rings (SSSR count). The fourth-order valence-corrected chi connectivity index (χ4v) is 1.24. The second kappa shape index (κ2) is 6.70. The third-order valence-electron chi connectivity index (χ3n) is 1.95. The molecule has 0 bridgehead atoms. The van der Waals surface area contributed by atoms with Crippen molar-refractivity contribution in [2.45, 2.75) is 13.8 Å². The Balaban J connectivity index is 2.47. The number of hydrogen-bond donors (Lipinski definition) is 2. The van der Waals surface area contributed by atoms with Crippen molar-refractivity contribution in [1.82, 2.24) is 9.97 Å². The molecule has 1 aromatic rings. The maximum atomic E-state index is 10.8. The van der Waals surface area contributed by atoms with E-state index in [-0.39, 0.29) is 5.69 Å². The van der Waals surface area contributed by atoms with Crippen molar-refractivity contribution >= 4 is 11.9 Å². The summed E-state index contributed by atoms with van der Waals surface area (Å²) in [7, 11) is 0.